The van der Waals surface area contributed by atoms with Crippen LogP contribution < -0.4 is 16.3 Å². The summed E-state index contributed by atoms with van der Waals surface area (Å²) in [6.07, 6.45) is 6.83. The molecule has 1 aromatic carbocycles. The number of hydrogen-bond acceptors (Lipinski definition) is 8. The van der Waals surface area contributed by atoms with E-state index in [1.165, 1.54) is 6.33 Å². The Morgan fingerprint density at radius 2 is 2.08 bits per heavy atom. The second kappa shape index (κ2) is 7.34. The van der Waals surface area contributed by atoms with E-state index in [0.717, 1.165) is 11.3 Å². The van der Waals surface area contributed by atoms with Gasteiger partial charge in [-0.1, -0.05) is 23.7 Å². The van der Waals surface area contributed by atoms with E-state index in [2.05, 4.69) is 36.2 Å². The van der Waals surface area contributed by atoms with Gasteiger partial charge in [0.1, 0.15) is 11.5 Å². The number of halogens is 1. The van der Waals surface area contributed by atoms with E-state index in [4.69, 9.17) is 11.6 Å². The molecule has 0 saturated carbocycles. The Bertz CT molecular complexity index is 945. The predicted molar refractivity (Wildman–Crippen MR) is 98.7 cm³/mol. The molecule has 8 nitrogen and oxygen atoms in total. The molecule has 26 heavy (non-hydrogen) atoms. The summed E-state index contributed by atoms with van der Waals surface area (Å²) in [5, 5.41) is 5.49. The normalized spacial score (nSPS) is 12.9. The van der Waals surface area contributed by atoms with Crippen LogP contribution >= 0.6 is 11.6 Å². The van der Waals surface area contributed by atoms with Crippen LogP contribution in [0.5, 0.6) is 0 Å². The van der Waals surface area contributed by atoms with Gasteiger partial charge in [0.25, 0.3) is 0 Å². The molecule has 0 amide bonds. The van der Waals surface area contributed by atoms with Crippen LogP contribution in [-0.4, -0.2) is 24.9 Å². The van der Waals surface area contributed by atoms with Gasteiger partial charge in [0.2, 0.25) is 5.95 Å². The maximum absolute atomic E-state index is 6.12. The number of hydrogen-bond donors (Lipinski definition) is 3. The van der Waals surface area contributed by atoms with Crippen molar-refractivity contribution >= 4 is 23.2 Å². The molecule has 0 radical (unpaired) electrons. The second-order valence-electron chi connectivity index (χ2n) is 5.50. The van der Waals surface area contributed by atoms with E-state index in [-0.39, 0.29) is 0 Å². The minimum absolute atomic E-state index is 0.353. The lowest BCUT2D eigenvalue weighted by molar-refractivity contribution is 0.264. The van der Waals surface area contributed by atoms with E-state index in [1.807, 2.05) is 47.7 Å². The van der Waals surface area contributed by atoms with Crippen molar-refractivity contribution in [1.82, 2.24) is 35.9 Å². The quantitative estimate of drug-likeness (QED) is 0.594. The topological polar surface area (TPSA) is 90.9 Å². The third kappa shape index (κ3) is 3.71. The highest BCUT2D eigenvalue weighted by molar-refractivity contribution is 6.31. The summed E-state index contributed by atoms with van der Waals surface area (Å²) in [4.78, 5) is 16.8. The second-order valence-corrected chi connectivity index (χ2v) is 5.86. The van der Waals surface area contributed by atoms with Crippen LogP contribution in [0.1, 0.15) is 5.56 Å². The fourth-order valence-corrected chi connectivity index (χ4v) is 2.69. The van der Waals surface area contributed by atoms with Gasteiger partial charge in [0, 0.05) is 24.3 Å². The highest BCUT2D eigenvalue weighted by Gasteiger charge is 2.09. The molecule has 9 heteroatoms. The Kier molecular flexibility index (Phi) is 4.59. The summed E-state index contributed by atoms with van der Waals surface area (Å²) in [5.74, 6) is 0.905. The predicted octanol–water partition coefficient (Wildman–Crippen LogP) is 2.63. The Balaban J connectivity index is 1.53. The average molecular weight is 367 g/mol. The van der Waals surface area contributed by atoms with Crippen LogP contribution in [0.25, 0.3) is 11.4 Å². The number of rotatable bonds is 5. The molecular formula is C17H15ClN8. The van der Waals surface area contributed by atoms with E-state index >= 15 is 0 Å². The molecule has 0 atom stereocenters. The van der Waals surface area contributed by atoms with E-state index in [1.54, 1.807) is 12.3 Å². The fraction of sp³-hybridized carbons (Fsp3) is 0.0588. The van der Waals surface area contributed by atoms with Gasteiger partial charge in [0.05, 0.1) is 12.1 Å². The molecule has 130 valence electrons. The van der Waals surface area contributed by atoms with Crippen molar-refractivity contribution in [3.05, 3.63) is 72.0 Å². The van der Waals surface area contributed by atoms with Crippen molar-refractivity contribution in [3.8, 4) is 11.4 Å². The van der Waals surface area contributed by atoms with Gasteiger partial charge in [0.15, 0.2) is 5.82 Å². The summed E-state index contributed by atoms with van der Waals surface area (Å²) >= 11 is 6.12. The molecule has 0 aliphatic carbocycles. The van der Waals surface area contributed by atoms with Crippen molar-refractivity contribution in [2.75, 3.05) is 5.32 Å². The molecule has 3 N–H and O–H groups in total. The summed E-state index contributed by atoms with van der Waals surface area (Å²) < 4.78 is 0. The monoisotopic (exact) mass is 366 g/mol. The third-order valence-electron chi connectivity index (χ3n) is 3.65. The first-order valence-corrected chi connectivity index (χ1v) is 8.26. The average Bonchev–Trinajstić information content (AvgIpc) is 3.16. The van der Waals surface area contributed by atoms with Gasteiger partial charge < -0.3 is 10.7 Å². The number of nitrogens with zero attached hydrogens (tertiary/aromatic N) is 5. The summed E-state index contributed by atoms with van der Waals surface area (Å²) in [7, 11) is 0. The Labute approximate surface area is 154 Å². The number of pyridine rings is 1. The van der Waals surface area contributed by atoms with Crippen LogP contribution in [0.15, 0.2) is 61.3 Å². The van der Waals surface area contributed by atoms with Crippen molar-refractivity contribution in [3.63, 3.8) is 0 Å². The summed E-state index contributed by atoms with van der Waals surface area (Å²) in [6, 6.07) is 11.6. The van der Waals surface area contributed by atoms with Crippen molar-refractivity contribution in [2.45, 2.75) is 6.54 Å². The van der Waals surface area contributed by atoms with Gasteiger partial charge in [-0.15, -0.1) is 5.53 Å². The highest BCUT2D eigenvalue weighted by Crippen LogP contribution is 2.23. The Morgan fingerprint density at radius 3 is 2.92 bits per heavy atom. The lowest BCUT2D eigenvalue weighted by Crippen LogP contribution is -2.34. The SMILES string of the molecule is Clc1ncccc1-c1ncnc(Nc2cccc(CN3C=CNN3)c2)n1. The first-order valence-electron chi connectivity index (χ1n) is 7.88. The molecule has 2 aromatic heterocycles. The first kappa shape index (κ1) is 16.2. The number of hydrazine groups is 2. The van der Waals surface area contributed by atoms with Crippen LogP contribution in [0, 0.1) is 0 Å². The highest BCUT2D eigenvalue weighted by atomic mass is 35.5. The Hall–Kier alpha value is -3.23. The maximum atomic E-state index is 6.12. The number of benzene rings is 1. The molecule has 3 heterocycles. The standard InChI is InChI=1S/C17H15ClN8/c18-15-14(5-2-6-19-15)16-20-11-21-17(24-16)23-13-4-1-3-12(9-13)10-26-8-7-22-25-26/h1-9,11,22,25H,10H2,(H,20,21,23,24). The van der Waals surface area contributed by atoms with Crippen LogP contribution in [0.3, 0.4) is 0 Å². The molecule has 0 spiro atoms. The lowest BCUT2D eigenvalue weighted by Gasteiger charge is -2.16. The molecule has 1 aliphatic heterocycles. The molecule has 0 unspecified atom stereocenters. The van der Waals surface area contributed by atoms with Gasteiger partial charge in [-0.05, 0) is 29.8 Å². The number of nitrogens with one attached hydrogen (secondary N) is 3. The molecule has 4 rings (SSSR count). The minimum atomic E-state index is 0.353. The molecular weight excluding hydrogens is 352 g/mol. The molecule has 0 fully saturated rings. The first-order chi connectivity index (χ1) is 12.8. The van der Waals surface area contributed by atoms with Crippen LogP contribution in [0.4, 0.5) is 11.6 Å². The summed E-state index contributed by atoms with van der Waals surface area (Å²) in [5.41, 5.74) is 8.58. The number of anilines is 2. The minimum Gasteiger partial charge on any atom is -0.324 e. The zero-order valence-electron chi connectivity index (χ0n) is 13.6. The maximum Gasteiger partial charge on any atom is 0.230 e. The largest absolute Gasteiger partial charge is 0.324 e. The van der Waals surface area contributed by atoms with Crippen LogP contribution in [-0.2, 0) is 6.54 Å². The molecule has 3 aromatic rings. The Morgan fingerprint density at radius 1 is 1.12 bits per heavy atom. The van der Waals surface area contributed by atoms with Crippen molar-refractivity contribution in [2.24, 2.45) is 0 Å². The van der Waals surface area contributed by atoms with Gasteiger partial charge in [-0.3, -0.25) is 5.01 Å². The zero-order chi connectivity index (χ0) is 17.8. The van der Waals surface area contributed by atoms with Gasteiger partial charge in [-0.25, -0.2) is 15.0 Å². The molecule has 0 saturated heterocycles. The lowest BCUT2D eigenvalue weighted by atomic mass is 10.2. The zero-order valence-corrected chi connectivity index (χ0v) is 14.4. The molecule has 1 aliphatic rings. The fourth-order valence-electron chi connectivity index (χ4n) is 2.49. The van der Waals surface area contributed by atoms with Gasteiger partial charge in [-0.2, -0.15) is 4.98 Å². The van der Waals surface area contributed by atoms with E-state index in [9.17, 15) is 0 Å². The smallest absolute Gasteiger partial charge is 0.230 e. The van der Waals surface area contributed by atoms with Crippen LogP contribution in [0.2, 0.25) is 5.15 Å². The van der Waals surface area contributed by atoms with Crippen molar-refractivity contribution in [1.29, 1.82) is 0 Å². The third-order valence-corrected chi connectivity index (χ3v) is 3.96. The van der Waals surface area contributed by atoms with Crippen molar-refractivity contribution < 1.29 is 0 Å². The summed E-state index contributed by atoms with van der Waals surface area (Å²) in [6.45, 7) is 0.715. The number of aromatic nitrogens is 4. The van der Waals surface area contributed by atoms with E-state index in [0.29, 0.717) is 29.0 Å². The van der Waals surface area contributed by atoms with Gasteiger partial charge >= 0.3 is 0 Å². The van der Waals surface area contributed by atoms with E-state index < -0.39 is 0 Å². The molecule has 0 bridgehead atoms.